The highest BCUT2D eigenvalue weighted by Gasteiger charge is 2.06. The second-order valence-electron chi connectivity index (χ2n) is 4.93. The van der Waals surface area contributed by atoms with Crippen molar-refractivity contribution in [2.45, 2.75) is 26.3 Å². The lowest BCUT2D eigenvalue weighted by atomic mass is 10.1. The number of carbonyl (C=O) groups excluding carboxylic acids is 1. The fraction of sp³-hybridized carbons (Fsp3) is 0.235. The van der Waals surface area contributed by atoms with E-state index in [0.717, 1.165) is 16.7 Å². The second kappa shape index (κ2) is 6.58. The van der Waals surface area contributed by atoms with Gasteiger partial charge in [0.15, 0.2) is 0 Å². The van der Waals surface area contributed by atoms with Crippen LogP contribution in [0.1, 0.15) is 32.6 Å². The lowest BCUT2D eigenvalue weighted by Gasteiger charge is -2.08. The summed E-state index contributed by atoms with van der Waals surface area (Å²) in [5.41, 5.74) is 5.17. The minimum atomic E-state index is -0.0467. The normalized spacial score (nSPS) is 10.3. The Bertz CT molecular complexity index is 605. The number of amides is 1. The van der Waals surface area contributed by atoms with Gasteiger partial charge in [0.25, 0.3) is 5.91 Å². The van der Waals surface area contributed by atoms with Gasteiger partial charge in [-0.05, 0) is 48.2 Å². The van der Waals surface area contributed by atoms with E-state index < -0.39 is 0 Å². The molecule has 1 N–H and O–H groups in total. The molecule has 0 aliphatic carbocycles. The molecule has 104 valence electrons. The highest BCUT2D eigenvalue weighted by molar-refractivity contribution is 6.17. The number of alkyl halides is 1. The predicted octanol–water partition coefficient (Wildman–Crippen LogP) is 3.97. The molecule has 0 saturated heterocycles. The summed E-state index contributed by atoms with van der Waals surface area (Å²) in [5, 5.41) is 2.93. The van der Waals surface area contributed by atoms with Gasteiger partial charge < -0.3 is 5.32 Å². The zero-order valence-electron chi connectivity index (χ0n) is 11.7. The molecular weight excluding hydrogens is 270 g/mol. The van der Waals surface area contributed by atoms with Gasteiger partial charge in [-0.1, -0.05) is 30.3 Å². The van der Waals surface area contributed by atoms with Crippen LogP contribution in [0, 0.1) is 13.8 Å². The molecule has 0 saturated carbocycles. The van der Waals surface area contributed by atoms with Crippen molar-refractivity contribution in [1.82, 2.24) is 5.32 Å². The molecule has 0 bridgehead atoms. The standard InChI is InChI=1S/C17H18ClNO/c1-12-3-8-16(9-13(12)2)17(20)19-11-15-6-4-14(10-18)5-7-15/h3-9H,10-11H2,1-2H3,(H,19,20). The van der Waals surface area contributed by atoms with E-state index in [1.54, 1.807) is 0 Å². The van der Waals surface area contributed by atoms with E-state index in [2.05, 4.69) is 5.32 Å². The fourth-order valence-electron chi connectivity index (χ4n) is 1.91. The highest BCUT2D eigenvalue weighted by Crippen LogP contribution is 2.10. The minimum Gasteiger partial charge on any atom is -0.348 e. The Morgan fingerprint density at radius 2 is 1.65 bits per heavy atom. The maximum atomic E-state index is 12.1. The Labute approximate surface area is 124 Å². The van der Waals surface area contributed by atoms with Crippen LogP contribution >= 0.6 is 11.6 Å². The van der Waals surface area contributed by atoms with Crippen molar-refractivity contribution in [1.29, 1.82) is 0 Å². The summed E-state index contributed by atoms with van der Waals surface area (Å²) >= 11 is 5.74. The summed E-state index contributed by atoms with van der Waals surface area (Å²) in [4.78, 5) is 12.1. The van der Waals surface area contributed by atoms with Gasteiger partial charge in [-0.2, -0.15) is 0 Å². The van der Waals surface area contributed by atoms with Crippen LogP contribution in [0.3, 0.4) is 0 Å². The average Bonchev–Trinajstić information content (AvgIpc) is 2.48. The molecule has 2 aromatic rings. The number of halogens is 1. The Hall–Kier alpha value is -1.80. The number of carbonyl (C=O) groups is 1. The van der Waals surface area contributed by atoms with Crippen LogP contribution in [0.15, 0.2) is 42.5 Å². The minimum absolute atomic E-state index is 0.0467. The first-order valence-electron chi connectivity index (χ1n) is 6.59. The Balaban J connectivity index is 1.98. The average molecular weight is 288 g/mol. The molecule has 0 unspecified atom stereocenters. The summed E-state index contributed by atoms with van der Waals surface area (Å²) in [6.45, 7) is 4.57. The molecule has 2 rings (SSSR count). The van der Waals surface area contributed by atoms with Gasteiger partial charge in [-0.25, -0.2) is 0 Å². The van der Waals surface area contributed by atoms with Crippen LogP contribution in [0.25, 0.3) is 0 Å². The van der Waals surface area contributed by atoms with E-state index in [-0.39, 0.29) is 5.91 Å². The van der Waals surface area contributed by atoms with Crippen LogP contribution < -0.4 is 5.32 Å². The molecule has 0 fully saturated rings. The van der Waals surface area contributed by atoms with Crippen molar-refractivity contribution in [2.75, 3.05) is 0 Å². The lowest BCUT2D eigenvalue weighted by Crippen LogP contribution is -2.22. The van der Waals surface area contributed by atoms with Gasteiger partial charge in [-0.3, -0.25) is 4.79 Å². The predicted molar refractivity (Wildman–Crippen MR) is 83.1 cm³/mol. The van der Waals surface area contributed by atoms with Crippen molar-refractivity contribution < 1.29 is 4.79 Å². The van der Waals surface area contributed by atoms with E-state index in [1.807, 2.05) is 56.3 Å². The summed E-state index contributed by atoms with van der Waals surface area (Å²) < 4.78 is 0. The van der Waals surface area contributed by atoms with Crippen LogP contribution in [0.5, 0.6) is 0 Å². The molecule has 20 heavy (non-hydrogen) atoms. The molecule has 0 atom stereocenters. The molecule has 0 aromatic heterocycles. The van der Waals surface area contributed by atoms with Gasteiger partial charge in [0.1, 0.15) is 0 Å². The Kier molecular flexibility index (Phi) is 4.80. The van der Waals surface area contributed by atoms with E-state index in [4.69, 9.17) is 11.6 Å². The van der Waals surface area contributed by atoms with Crippen molar-refractivity contribution in [3.05, 3.63) is 70.3 Å². The number of rotatable bonds is 4. The van der Waals surface area contributed by atoms with E-state index in [9.17, 15) is 4.79 Å². The zero-order chi connectivity index (χ0) is 14.5. The number of aryl methyl sites for hydroxylation is 2. The summed E-state index contributed by atoms with van der Waals surface area (Å²) in [5.74, 6) is 0.462. The molecule has 3 heteroatoms. The van der Waals surface area contributed by atoms with Crippen molar-refractivity contribution in [2.24, 2.45) is 0 Å². The molecule has 1 amide bonds. The van der Waals surface area contributed by atoms with Crippen molar-refractivity contribution in [3.63, 3.8) is 0 Å². The van der Waals surface area contributed by atoms with Gasteiger partial charge in [0.2, 0.25) is 0 Å². The van der Waals surface area contributed by atoms with Crippen LogP contribution in [0.2, 0.25) is 0 Å². The maximum Gasteiger partial charge on any atom is 0.251 e. The monoisotopic (exact) mass is 287 g/mol. The molecule has 0 spiro atoms. The largest absolute Gasteiger partial charge is 0.348 e. The second-order valence-corrected chi connectivity index (χ2v) is 5.20. The van der Waals surface area contributed by atoms with Gasteiger partial charge >= 0.3 is 0 Å². The SMILES string of the molecule is Cc1ccc(C(=O)NCc2ccc(CCl)cc2)cc1C. The van der Waals surface area contributed by atoms with Gasteiger partial charge in [0.05, 0.1) is 0 Å². The molecule has 0 aliphatic rings. The van der Waals surface area contributed by atoms with E-state index in [1.165, 1.54) is 5.56 Å². The van der Waals surface area contributed by atoms with E-state index >= 15 is 0 Å². The Morgan fingerprint density at radius 1 is 1.00 bits per heavy atom. The maximum absolute atomic E-state index is 12.1. The molecule has 2 aromatic carbocycles. The van der Waals surface area contributed by atoms with Crippen molar-refractivity contribution in [3.8, 4) is 0 Å². The van der Waals surface area contributed by atoms with Gasteiger partial charge in [0, 0.05) is 18.0 Å². The summed E-state index contributed by atoms with van der Waals surface area (Å²) in [7, 11) is 0. The molecule has 0 aliphatic heterocycles. The molecule has 0 radical (unpaired) electrons. The Morgan fingerprint density at radius 3 is 2.25 bits per heavy atom. The molecule has 2 nitrogen and oxygen atoms in total. The van der Waals surface area contributed by atoms with Crippen LogP contribution in [-0.2, 0) is 12.4 Å². The highest BCUT2D eigenvalue weighted by atomic mass is 35.5. The van der Waals surface area contributed by atoms with Crippen LogP contribution in [-0.4, -0.2) is 5.91 Å². The third-order valence-electron chi connectivity index (χ3n) is 3.40. The van der Waals surface area contributed by atoms with Crippen LogP contribution in [0.4, 0.5) is 0 Å². The fourth-order valence-corrected chi connectivity index (χ4v) is 2.09. The lowest BCUT2D eigenvalue weighted by molar-refractivity contribution is 0.0951. The first-order chi connectivity index (χ1) is 9.60. The molecular formula is C17H18ClNO. The van der Waals surface area contributed by atoms with E-state index in [0.29, 0.717) is 18.0 Å². The number of hydrogen-bond acceptors (Lipinski definition) is 1. The van der Waals surface area contributed by atoms with Gasteiger partial charge in [-0.15, -0.1) is 11.6 Å². The zero-order valence-corrected chi connectivity index (χ0v) is 12.5. The summed E-state index contributed by atoms with van der Waals surface area (Å²) in [6.07, 6.45) is 0. The first kappa shape index (κ1) is 14.6. The number of hydrogen-bond donors (Lipinski definition) is 1. The topological polar surface area (TPSA) is 29.1 Å². The molecule has 0 heterocycles. The third-order valence-corrected chi connectivity index (χ3v) is 3.71. The first-order valence-corrected chi connectivity index (χ1v) is 7.13. The summed E-state index contributed by atoms with van der Waals surface area (Å²) in [6, 6.07) is 13.7. The number of benzene rings is 2. The number of nitrogens with one attached hydrogen (secondary N) is 1. The third kappa shape index (κ3) is 3.61. The van der Waals surface area contributed by atoms with Crippen molar-refractivity contribution >= 4 is 17.5 Å². The quantitative estimate of drug-likeness (QED) is 0.847. The smallest absolute Gasteiger partial charge is 0.251 e.